The standard InChI is InChI=1S/C22H12N2OS2/c25-24-18-8-4-2-6-14(18)16-10-12-27-22(16)20(24)19-21-15(9-11-26-21)13-5-1-3-7-17(13)23-19/h1-12H. The fraction of sp³-hybridized carbons (Fsp3) is 0. The molecule has 3 nitrogen and oxygen atoms in total. The molecule has 0 aliphatic heterocycles. The van der Waals surface area contributed by atoms with Crippen LogP contribution in [0.4, 0.5) is 0 Å². The molecule has 2 aromatic carbocycles. The summed E-state index contributed by atoms with van der Waals surface area (Å²) < 4.78 is 3.11. The minimum atomic E-state index is 0.650. The van der Waals surface area contributed by atoms with Crippen molar-refractivity contribution in [2.45, 2.75) is 0 Å². The molecule has 0 atom stereocenters. The Hall–Kier alpha value is -3.02. The van der Waals surface area contributed by atoms with E-state index >= 15 is 0 Å². The third kappa shape index (κ3) is 2.01. The minimum Gasteiger partial charge on any atom is -0.618 e. The summed E-state index contributed by atoms with van der Waals surface area (Å²) in [5.41, 5.74) is 3.01. The van der Waals surface area contributed by atoms with E-state index in [1.165, 1.54) is 0 Å². The summed E-state index contributed by atoms with van der Waals surface area (Å²) >= 11 is 3.24. The molecule has 0 aliphatic rings. The van der Waals surface area contributed by atoms with Gasteiger partial charge in [0.2, 0.25) is 5.52 Å². The van der Waals surface area contributed by atoms with Crippen molar-refractivity contribution in [2.75, 3.05) is 0 Å². The van der Waals surface area contributed by atoms with Crippen molar-refractivity contribution in [3.63, 3.8) is 0 Å². The van der Waals surface area contributed by atoms with Gasteiger partial charge in [-0.25, -0.2) is 4.98 Å². The number of pyridine rings is 2. The number of para-hydroxylation sites is 2. The quantitative estimate of drug-likeness (QED) is 0.253. The summed E-state index contributed by atoms with van der Waals surface area (Å²) in [6, 6.07) is 20.1. The van der Waals surface area contributed by atoms with E-state index in [0.717, 1.165) is 46.9 Å². The van der Waals surface area contributed by atoms with Crippen LogP contribution >= 0.6 is 22.7 Å². The lowest BCUT2D eigenvalue weighted by Crippen LogP contribution is -2.30. The second kappa shape index (κ2) is 5.49. The maximum atomic E-state index is 13.4. The molecule has 6 aromatic rings. The van der Waals surface area contributed by atoms with Crippen LogP contribution in [0.25, 0.3) is 53.4 Å². The molecular formula is C22H12N2OS2. The highest BCUT2D eigenvalue weighted by Gasteiger charge is 2.25. The first-order valence-corrected chi connectivity index (χ1v) is 10.4. The van der Waals surface area contributed by atoms with Gasteiger partial charge in [0.25, 0.3) is 5.69 Å². The predicted molar refractivity (Wildman–Crippen MR) is 114 cm³/mol. The van der Waals surface area contributed by atoms with Gasteiger partial charge in [-0.3, -0.25) is 0 Å². The SMILES string of the molecule is [O-][n+]1c(-c2nc3ccccc3c3ccsc23)c2sccc2c2ccccc21. The van der Waals surface area contributed by atoms with E-state index in [0.29, 0.717) is 11.2 Å². The number of hydrogen-bond donors (Lipinski definition) is 0. The highest BCUT2D eigenvalue weighted by molar-refractivity contribution is 7.19. The van der Waals surface area contributed by atoms with Crippen LogP contribution in [0.1, 0.15) is 0 Å². The van der Waals surface area contributed by atoms with Crippen molar-refractivity contribution in [2.24, 2.45) is 0 Å². The Morgan fingerprint density at radius 3 is 2.22 bits per heavy atom. The highest BCUT2D eigenvalue weighted by atomic mass is 32.1. The van der Waals surface area contributed by atoms with Crippen LogP contribution < -0.4 is 4.73 Å². The normalized spacial score (nSPS) is 11.9. The zero-order valence-corrected chi connectivity index (χ0v) is 15.7. The van der Waals surface area contributed by atoms with Crippen LogP contribution in [0.15, 0.2) is 71.4 Å². The summed E-state index contributed by atoms with van der Waals surface area (Å²) in [6.07, 6.45) is 0. The number of hydrogen-bond acceptors (Lipinski definition) is 4. The second-order valence-electron chi connectivity index (χ2n) is 6.46. The summed E-state index contributed by atoms with van der Waals surface area (Å²) in [7, 11) is 0. The van der Waals surface area contributed by atoms with Crippen LogP contribution in [-0.4, -0.2) is 4.98 Å². The van der Waals surface area contributed by atoms with Crippen LogP contribution in [0.3, 0.4) is 0 Å². The van der Waals surface area contributed by atoms with E-state index in [1.54, 1.807) is 22.7 Å². The molecule has 0 spiro atoms. The summed E-state index contributed by atoms with van der Waals surface area (Å²) in [5.74, 6) is 0. The second-order valence-corrected chi connectivity index (χ2v) is 8.30. The molecule has 0 amide bonds. The monoisotopic (exact) mass is 384 g/mol. The zero-order valence-electron chi connectivity index (χ0n) is 14.0. The lowest BCUT2D eigenvalue weighted by molar-refractivity contribution is -0.563. The molecule has 4 aromatic heterocycles. The Kier molecular flexibility index (Phi) is 3.06. The van der Waals surface area contributed by atoms with E-state index < -0.39 is 0 Å². The lowest BCUT2D eigenvalue weighted by atomic mass is 10.1. The van der Waals surface area contributed by atoms with Gasteiger partial charge in [-0.05, 0) is 35.0 Å². The van der Waals surface area contributed by atoms with Crippen LogP contribution in [-0.2, 0) is 0 Å². The van der Waals surface area contributed by atoms with Crippen LogP contribution in [0.5, 0.6) is 0 Å². The average molecular weight is 384 g/mol. The fourth-order valence-corrected chi connectivity index (χ4v) is 5.67. The molecule has 0 unspecified atom stereocenters. The molecule has 128 valence electrons. The first-order valence-electron chi connectivity index (χ1n) is 8.61. The van der Waals surface area contributed by atoms with Gasteiger partial charge in [0.1, 0.15) is 4.70 Å². The lowest BCUT2D eigenvalue weighted by Gasteiger charge is -2.11. The molecule has 0 N–H and O–H groups in total. The summed E-state index contributed by atoms with van der Waals surface area (Å²) in [5, 5.41) is 21.9. The maximum absolute atomic E-state index is 13.4. The number of aromatic nitrogens is 2. The molecular weight excluding hydrogens is 372 g/mol. The summed E-state index contributed by atoms with van der Waals surface area (Å²) in [4.78, 5) is 4.94. The molecule has 0 saturated carbocycles. The van der Waals surface area contributed by atoms with E-state index in [-0.39, 0.29) is 0 Å². The van der Waals surface area contributed by atoms with Gasteiger partial charge in [0.05, 0.1) is 15.6 Å². The molecule has 6 rings (SSSR count). The summed E-state index contributed by atoms with van der Waals surface area (Å²) in [6.45, 7) is 0. The number of nitrogens with zero attached hydrogens (tertiary/aromatic N) is 2. The Balaban J connectivity index is 1.86. The van der Waals surface area contributed by atoms with Crippen molar-refractivity contribution in [1.82, 2.24) is 4.98 Å². The topological polar surface area (TPSA) is 39.8 Å². The molecule has 0 bridgehead atoms. The van der Waals surface area contributed by atoms with Crippen molar-refractivity contribution >= 4 is 64.7 Å². The van der Waals surface area contributed by atoms with E-state index in [2.05, 4.69) is 23.6 Å². The van der Waals surface area contributed by atoms with Crippen LogP contribution in [0.2, 0.25) is 0 Å². The molecule has 0 saturated heterocycles. The molecule has 5 heteroatoms. The van der Waals surface area contributed by atoms with Gasteiger partial charge in [0.15, 0.2) is 5.69 Å². The van der Waals surface area contributed by atoms with Gasteiger partial charge in [-0.2, -0.15) is 4.73 Å². The smallest absolute Gasteiger partial charge is 0.262 e. The number of thiophene rings is 2. The number of fused-ring (bicyclic) bond motifs is 6. The van der Waals surface area contributed by atoms with Gasteiger partial charge >= 0.3 is 0 Å². The third-order valence-electron chi connectivity index (χ3n) is 5.03. The molecule has 4 heterocycles. The minimum absolute atomic E-state index is 0.650. The third-order valence-corrected chi connectivity index (χ3v) is 6.87. The zero-order chi connectivity index (χ0) is 18.0. The Morgan fingerprint density at radius 1 is 0.704 bits per heavy atom. The maximum Gasteiger partial charge on any atom is 0.262 e. The predicted octanol–water partition coefficient (Wildman–Crippen LogP) is 6.12. The number of benzene rings is 2. The van der Waals surface area contributed by atoms with Crippen LogP contribution in [0, 0.1) is 5.21 Å². The largest absolute Gasteiger partial charge is 0.618 e. The van der Waals surface area contributed by atoms with Crippen molar-refractivity contribution < 1.29 is 4.73 Å². The van der Waals surface area contributed by atoms with Gasteiger partial charge in [-0.15, -0.1) is 22.7 Å². The first kappa shape index (κ1) is 15.1. The molecule has 0 radical (unpaired) electrons. The fourth-order valence-electron chi connectivity index (χ4n) is 3.83. The van der Waals surface area contributed by atoms with Crippen molar-refractivity contribution in [3.05, 3.63) is 76.6 Å². The van der Waals surface area contributed by atoms with Crippen molar-refractivity contribution in [3.8, 4) is 11.4 Å². The average Bonchev–Trinajstić information content (AvgIpc) is 3.38. The van der Waals surface area contributed by atoms with E-state index in [9.17, 15) is 5.21 Å². The van der Waals surface area contributed by atoms with Crippen molar-refractivity contribution in [1.29, 1.82) is 0 Å². The van der Waals surface area contributed by atoms with E-state index in [4.69, 9.17) is 4.98 Å². The first-order chi connectivity index (χ1) is 13.3. The Morgan fingerprint density at radius 2 is 1.37 bits per heavy atom. The molecule has 0 aliphatic carbocycles. The highest BCUT2D eigenvalue weighted by Crippen LogP contribution is 2.40. The van der Waals surface area contributed by atoms with Gasteiger partial charge in [-0.1, -0.05) is 30.3 Å². The Labute approximate surface area is 162 Å². The van der Waals surface area contributed by atoms with E-state index in [1.807, 2.05) is 47.8 Å². The molecule has 27 heavy (non-hydrogen) atoms. The Bertz CT molecular complexity index is 1500. The molecule has 0 fully saturated rings. The van der Waals surface area contributed by atoms with Gasteiger partial charge in [0, 0.05) is 22.2 Å². The number of rotatable bonds is 1. The van der Waals surface area contributed by atoms with Gasteiger partial charge < -0.3 is 5.21 Å².